The van der Waals surface area contributed by atoms with Crippen molar-refractivity contribution in [3.05, 3.63) is 117 Å². The molecule has 12 nitrogen and oxygen atoms in total. The lowest BCUT2D eigenvalue weighted by Gasteiger charge is -2.37. The Morgan fingerprint density at radius 2 is 1.73 bits per heavy atom. The number of rotatable bonds is 14. The van der Waals surface area contributed by atoms with E-state index in [0.717, 1.165) is 44.6 Å². The van der Waals surface area contributed by atoms with Crippen LogP contribution in [0.1, 0.15) is 60.9 Å². The maximum absolute atomic E-state index is 15.3. The van der Waals surface area contributed by atoms with Crippen LogP contribution in [0.3, 0.4) is 0 Å². The molecular weight excluding hydrogens is 869 g/mol. The molecule has 1 fully saturated rings. The number of aliphatic hydroxyl groups excluding tert-OH is 2. The SMILES string of the molecule is CCOc1ccc2c(c1)CC(NCCCCO)C(=O)N2c1cccc(CN2C(=O)[C@@]3(O[C@@H](CC(=O)N4Cc5ccccc5C[C@H]4CO)[C@H]([Si](C)(C)O)[C@H]3C)c3cc(Br)ccc32)c1. The Morgan fingerprint density at radius 1 is 0.952 bits per heavy atom. The van der Waals surface area contributed by atoms with Crippen LogP contribution in [0, 0.1) is 5.92 Å². The maximum atomic E-state index is 15.3. The number of halogens is 1. The summed E-state index contributed by atoms with van der Waals surface area (Å²) in [5.41, 5.74) is 4.78. The van der Waals surface area contributed by atoms with Gasteiger partial charge in [0.15, 0.2) is 13.9 Å². The highest BCUT2D eigenvalue weighted by Crippen LogP contribution is 2.60. The molecule has 4 N–H and O–H groups in total. The number of carbonyl (C=O) groups excluding carboxylic acids is 3. The van der Waals surface area contributed by atoms with Gasteiger partial charge in [0.25, 0.3) is 5.91 Å². The number of unbranched alkanes of at least 4 members (excludes halogenated alkanes) is 1. The van der Waals surface area contributed by atoms with Crippen molar-refractivity contribution in [1.29, 1.82) is 0 Å². The Kier molecular flexibility index (Phi) is 12.8. The van der Waals surface area contributed by atoms with Crippen LogP contribution in [0.5, 0.6) is 5.75 Å². The van der Waals surface area contributed by atoms with Crippen molar-refractivity contribution in [2.75, 3.05) is 36.2 Å². The molecule has 4 aromatic carbocycles. The van der Waals surface area contributed by atoms with Gasteiger partial charge in [0.05, 0.1) is 55.7 Å². The number of carbonyl (C=O) groups is 3. The van der Waals surface area contributed by atoms with Crippen LogP contribution in [0.4, 0.5) is 17.1 Å². The first-order valence-corrected chi connectivity index (χ1v) is 25.6. The molecule has 0 aromatic heterocycles. The minimum absolute atomic E-state index is 0.0419. The summed E-state index contributed by atoms with van der Waals surface area (Å²) in [5, 5.41) is 23.1. The second-order valence-corrected chi connectivity index (χ2v) is 22.5. The van der Waals surface area contributed by atoms with Gasteiger partial charge >= 0.3 is 0 Å². The summed E-state index contributed by atoms with van der Waals surface area (Å²) in [4.78, 5) is 61.1. The smallest absolute Gasteiger partial charge is 0.264 e. The monoisotopic (exact) mass is 924 g/mol. The van der Waals surface area contributed by atoms with Crippen molar-refractivity contribution in [3.63, 3.8) is 0 Å². The lowest BCUT2D eigenvalue weighted by atomic mass is 9.82. The number of nitrogens with one attached hydrogen (secondary N) is 1. The topological polar surface area (TPSA) is 152 Å². The molecule has 4 aliphatic rings. The van der Waals surface area contributed by atoms with Crippen LogP contribution in [-0.2, 0) is 50.7 Å². The standard InChI is InChI=1S/C48H57BrN4O8Si/c1-5-60-38-16-18-41-34(23-38)24-40(50-19-8-9-20-54)46(57)53(41)36-14-10-11-31(21-36)27-52-42-17-15-35(49)25-39(42)48(47(52)58)30(2)45(62(3,4)59)43(61-48)26-44(56)51-28-33-13-7-6-12-32(33)22-37(51)29-55/h6-7,10-18,21,23,25,30,37,40,43,45,50,54-55,59H,5,8-9,19-20,22,24,26-29H2,1-4H3/t30-,37+,40?,43+,45-,48+/m1/s1. The number of aliphatic hydroxyl groups is 2. The van der Waals surface area contributed by atoms with Crippen molar-refractivity contribution in [2.24, 2.45) is 5.92 Å². The number of nitrogens with zero attached hydrogens (tertiary/aromatic N) is 3. The van der Waals surface area contributed by atoms with Gasteiger partial charge in [-0.25, -0.2) is 0 Å². The summed E-state index contributed by atoms with van der Waals surface area (Å²) in [6.07, 6.45) is 1.62. The average molecular weight is 926 g/mol. The van der Waals surface area contributed by atoms with Crippen molar-refractivity contribution in [3.8, 4) is 5.75 Å². The summed E-state index contributed by atoms with van der Waals surface area (Å²) in [6, 6.07) is 26.3. The minimum atomic E-state index is -3.08. The van der Waals surface area contributed by atoms with Crippen molar-refractivity contribution < 1.29 is 38.9 Å². The molecule has 6 atom stereocenters. The first kappa shape index (κ1) is 44.2. The maximum Gasteiger partial charge on any atom is 0.264 e. The van der Waals surface area contributed by atoms with Crippen LogP contribution >= 0.6 is 15.9 Å². The van der Waals surface area contributed by atoms with Crippen LogP contribution in [0.15, 0.2) is 89.4 Å². The fourth-order valence-corrected chi connectivity index (χ4v) is 13.4. The highest BCUT2D eigenvalue weighted by Gasteiger charge is 2.66. The van der Waals surface area contributed by atoms with E-state index in [4.69, 9.17) is 9.47 Å². The molecule has 328 valence electrons. The number of hydrogen-bond acceptors (Lipinski definition) is 9. The summed E-state index contributed by atoms with van der Waals surface area (Å²) in [5.74, 6) is -0.294. The molecule has 8 rings (SSSR count). The van der Waals surface area contributed by atoms with Crippen molar-refractivity contribution in [2.45, 2.75) is 101 Å². The van der Waals surface area contributed by atoms with E-state index < -0.39 is 37.5 Å². The van der Waals surface area contributed by atoms with Crippen LogP contribution in [0.25, 0.3) is 0 Å². The first-order chi connectivity index (χ1) is 29.8. The molecule has 4 aliphatic heterocycles. The molecule has 0 saturated carbocycles. The Bertz CT molecular complexity index is 2340. The van der Waals surface area contributed by atoms with E-state index in [0.29, 0.717) is 55.9 Å². The number of fused-ring (bicyclic) bond motifs is 4. The third-order valence-corrected chi connectivity index (χ3v) is 16.2. The van der Waals surface area contributed by atoms with Crippen LogP contribution in [-0.4, -0.2) is 90.5 Å². The van der Waals surface area contributed by atoms with Gasteiger partial charge in [0.2, 0.25) is 11.8 Å². The van der Waals surface area contributed by atoms with E-state index >= 15 is 4.79 Å². The van der Waals surface area contributed by atoms with E-state index in [2.05, 4.69) is 21.2 Å². The highest BCUT2D eigenvalue weighted by atomic mass is 79.9. The third kappa shape index (κ3) is 8.15. The molecule has 0 radical (unpaired) electrons. The van der Waals surface area contributed by atoms with E-state index in [9.17, 15) is 24.6 Å². The molecule has 1 unspecified atom stereocenters. The van der Waals surface area contributed by atoms with Gasteiger partial charge in [-0.1, -0.05) is 59.3 Å². The zero-order valence-corrected chi connectivity index (χ0v) is 38.4. The van der Waals surface area contributed by atoms with Crippen LogP contribution < -0.4 is 19.9 Å². The summed E-state index contributed by atoms with van der Waals surface area (Å²) in [7, 11) is -3.08. The average Bonchev–Trinajstić information content (AvgIpc) is 3.67. The Hall–Kier alpha value is -4.41. The second-order valence-electron chi connectivity index (χ2n) is 17.7. The predicted octanol–water partition coefficient (Wildman–Crippen LogP) is 6.48. The number of hydrogen-bond donors (Lipinski definition) is 4. The largest absolute Gasteiger partial charge is 0.494 e. The number of ether oxygens (including phenoxy) is 2. The number of amides is 3. The summed E-state index contributed by atoms with van der Waals surface area (Å²) in [6.45, 7) is 9.16. The molecule has 4 heterocycles. The lowest BCUT2D eigenvalue weighted by Crippen LogP contribution is -2.49. The van der Waals surface area contributed by atoms with Gasteiger partial charge in [0.1, 0.15) is 5.75 Å². The number of benzene rings is 4. The van der Waals surface area contributed by atoms with E-state index in [-0.39, 0.29) is 49.9 Å². The minimum Gasteiger partial charge on any atom is -0.494 e. The zero-order valence-electron chi connectivity index (χ0n) is 35.9. The Labute approximate surface area is 373 Å². The predicted molar refractivity (Wildman–Crippen MR) is 244 cm³/mol. The normalized spacial score (nSPS) is 24.4. The summed E-state index contributed by atoms with van der Waals surface area (Å²) < 4.78 is 13.7. The van der Waals surface area contributed by atoms with Gasteiger partial charge in [-0.3, -0.25) is 19.3 Å². The van der Waals surface area contributed by atoms with Gasteiger partial charge in [-0.15, -0.1) is 0 Å². The fourth-order valence-electron chi connectivity index (χ4n) is 10.4. The molecule has 3 amide bonds. The highest BCUT2D eigenvalue weighted by molar-refractivity contribution is 9.10. The molecule has 0 aliphatic carbocycles. The molecule has 0 bridgehead atoms. The molecule has 1 saturated heterocycles. The van der Waals surface area contributed by atoms with Gasteiger partial charge in [0, 0.05) is 40.3 Å². The van der Waals surface area contributed by atoms with Gasteiger partial charge < -0.3 is 39.6 Å². The molecule has 62 heavy (non-hydrogen) atoms. The van der Waals surface area contributed by atoms with E-state index in [1.54, 1.807) is 14.7 Å². The van der Waals surface area contributed by atoms with E-state index in [1.165, 1.54) is 0 Å². The molecule has 1 spiro atoms. The zero-order chi connectivity index (χ0) is 43.9. The Morgan fingerprint density at radius 3 is 2.47 bits per heavy atom. The van der Waals surface area contributed by atoms with Crippen LogP contribution in [0.2, 0.25) is 18.6 Å². The van der Waals surface area contributed by atoms with Crippen molar-refractivity contribution >= 4 is 59.0 Å². The molecule has 4 aromatic rings. The third-order valence-electron chi connectivity index (χ3n) is 13.2. The van der Waals surface area contributed by atoms with Crippen molar-refractivity contribution in [1.82, 2.24) is 10.2 Å². The second kappa shape index (κ2) is 18.0. The summed E-state index contributed by atoms with van der Waals surface area (Å²) >= 11 is 3.65. The quantitative estimate of drug-likeness (QED) is 0.0824. The van der Waals surface area contributed by atoms with E-state index in [1.807, 2.05) is 112 Å². The van der Waals surface area contributed by atoms with Gasteiger partial charge in [-0.05, 0) is 123 Å². The fraction of sp³-hybridized carbons (Fsp3) is 0.438. The first-order valence-electron chi connectivity index (χ1n) is 21.8. The lowest BCUT2D eigenvalue weighted by molar-refractivity contribution is -0.151. The molecule has 14 heteroatoms. The molecular formula is C48H57BrN4O8Si. The Balaban J connectivity index is 1.10. The van der Waals surface area contributed by atoms with Gasteiger partial charge in [-0.2, -0.15) is 0 Å². The number of anilines is 3.